The van der Waals surface area contributed by atoms with E-state index in [0.717, 1.165) is 47.3 Å². The molecule has 4 heteroatoms. The average molecular weight is 384 g/mol. The molecule has 1 aliphatic rings. The van der Waals surface area contributed by atoms with Crippen LogP contribution in [-0.2, 0) is 12.0 Å². The van der Waals surface area contributed by atoms with Crippen LogP contribution in [0.4, 0.5) is 0 Å². The van der Waals surface area contributed by atoms with Crippen LogP contribution in [0.1, 0.15) is 50.3 Å². The Morgan fingerprint density at radius 3 is 2.66 bits per heavy atom. The molecule has 0 atom stereocenters. The molecule has 3 nitrogen and oxygen atoms in total. The molecular weight excluding hydrogens is 357 g/mol. The van der Waals surface area contributed by atoms with E-state index >= 15 is 0 Å². The van der Waals surface area contributed by atoms with Gasteiger partial charge < -0.3 is 9.84 Å². The summed E-state index contributed by atoms with van der Waals surface area (Å²) in [5, 5.41) is 10.6. The molecule has 0 unspecified atom stereocenters. The molecule has 0 fully saturated rings. The molecule has 0 spiro atoms. The SMILES string of the molecule is CCCCc1cc(O)c2c(c1)OC(C)(C)c1ccc(C)cc1-2.[B]=NCC#CC#C. The third kappa shape index (κ3) is 5.52. The minimum absolute atomic E-state index is 0.324. The van der Waals surface area contributed by atoms with Crippen molar-refractivity contribution in [1.82, 2.24) is 0 Å². The van der Waals surface area contributed by atoms with Crippen LogP contribution in [0.3, 0.4) is 0 Å². The van der Waals surface area contributed by atoms with Crippen LogP contribution in [0.25, 0.3) is 11.1 Å². The minimum atomic E-state index is -0.383. The van der Waals surface area contributed by atoms with Crippen molar-refractivity contribution in [2.75, 3.05) is 6.54 Å². The first-order chi connectivity index (χ1) is 13.8. The molecule has 0 aromatic heterocycles. The van der Waals surface area contributed by atoms with E-state index in [0.29, 0.717) is 12.3 Å². The first-order valence-electron chi connectivity index (χ1n) is 9.80. The topological polar surface area (TPSA) is 41.8 Å². The van der Waals surface area contributed by atoms with Gasteiger partial charge in [0.05, 0.1) is 5.56 Å². The van der Waals surface area contributed by atoms with Crippen molar-refractivity contribution in [3.63, 3.8) is 0 Å². The van der Waals surface area contributed by atoms with Gasteiger partial charge in [-0.25, -0.2) is 0 Å². The predicted octanol–water partition coefficient (Wildman–Crippen LogP) is 5.31. The van der Waals surface area contributed by atoms with Crippen molar-refractivity contribution < 1.29 is 9.84 Å². The van der Waals surface area contributed by atoms with Gasteiger partial charge in [-0.05, 0) is 56.9 Å². The van der Waals surface area contributed by atoms with E-state index in [4.69, 9.17) is 18.8 Å². The maximum absolute atomic E-state index is 10.6. The second-order valence-electron chi connectivity index (χ2n) is 7.54. The molecule has 1 N–H and O–H groups in total. The van der Waals surface area contributed by atoms with Gasteiger partial charge in [-0.3, -0.25) is 0 Å². The van der Waals surface area contributed by atoms with Crippen LogP contribution >= 0.6 is 0 Å². The van der Waals surface area contributed by atoms with Crippen LogP contribution in [0.2, 0.25) is 0 Å². The summed E-state index contributed by atoms with van der Waals surface area (Å²) in [7, 11) is 4.72. The van der Waals surface area contributed by atoms with E-state index in [1.54, 1.807) is 0 Å². The number of phenols is 1. The Bertz CT molecular complexity index is 990. The molecule has 1 aliphatic heterocycles. The van der Waals surface area contributed by atoms with Crippen molar-refractivity contribution in [2.45, 2.75) is 52.6 Å². The van der Waals surface area contributed by atoms with E-state index in [1.165, 1.54) is 5.56 Å². The van der Waals surface area contributed by atoms with E-state index in [2.05, 4.69) is 74.6 Å². The van der Waals surface area contributed by atoms with Gasteiger partial charge >= 0.3 is 43.3 Å². The second-order valence-corrected chi connectivity index (χ2v) is 7.54. The summed E-state index contributed by atoms with van der Waals surface area (Å²) < 4.78 is 6.23. The zero-order chi connectivity index (χ0) is 21.4. The van der Waals surface area contributed by atoms with Crippen LogP contribution < -0.4 is 4.74 Å². The Morgan fingerprint density at radius 2 is 2.00 bits per heavy atom. The fourth-order valence-electron chi connectivity index (χ4n) is 3.39. The van der Waals surface area contributed by atoms with Crippen molar-refractivity contribution in [1.29, 1.82) is 0 Å². The normalized spacial score (nSPS) is 12.5. The summed E-state index contributed by atoms with van der Waals surface area (Å²) in [4.78, 5) is 3.20. The average Bonchev–Trinajstić information content (AvgIpc) is 2.66. The van der Waals surface area contributed by atoms with Gasteiger partial charge in [-0.2, -0.15) is 0 Å². The van der Waals surface area contributed by atoms with Gasteiger partial charge in [0.25, 0.3) is 0 Å². The van der Waals surface area contributed by atoms with E-state index in [-0.39, 0.29) is 5.60 Å². The molecule has 0 bridgehead atoms. The van der Waals surface area contributed by atoms with Gasteiger partial charge in [-0.15, -0.1) is 0 Å². The Balaban J connectivity index is 0.000000370. The predicted molar refractivity (Wildman–Crippen MR) is 120 cm³/mol. The molecule has 0 saturated carbocycles. The molecule has 0 aliphatic carbocycles. The van der Waals surface area contributed by atoms with Gasteiger partial charge in [0.1, 0.15) is 17.1 Å². The zero-order valence-electron chi connectivity index (χ0n) is 17.7. The van der Waals surface area contributed by atoms with Crippen LogP contribution in [0, 0.1) is 31.1 Å². The molecule has 2 aromatic rings. The number of aromatic hydroxyl groups is 1. The molecule has 0 saturated heterocycles. The number of hydrogen-bond acceptors (Lipinski definition) is 3. The number of hydrogen-bond donors (Lipinski definition) is 1. The second kappa shape index (κ2) is 9.99. The van der Waals surface area contributed by atoms with Gasteiger partial charge in [0.15, 0.2) is 0 Å². The first-order valence-corrected chi connectivity index (χ1v) is 9.80. The van der Waals surface area contributed by atoms with E-state index < -0.39 is 0 Å². The summed E-state index contributed by atoms with van der Waals surface area (Å²) in [5.41, 5.74) is 5.00. The summed E-state index contributed by atoms with van der Waals surface area (Å²) in [5.74, 6) is 8.11. The Morgan fingerprint density at radius 1 is 1.24 bits per heavy atom. The number of fused-ring (bicyclic) bond motifs is 3. The first kappa shape index (κ1) is 22.3. The number of nitrogens with zero attached hydrogens (tertiary/aromatic N) is 1. The monoisotopic (exact) mass is 384 g/mol. The molecule has 1 heterocycles. The molecule has 29 heavy (non-hydrogen) atoms. The zero-order valence-corrected chi connectivity index (χ0v) is 17.7. The standard InChI is InChI=1S/C20H24O2.C5H3BN/c1-5-6-7-14-11-17(21)19-15-10-13(2)8-9-16(15)20(3,4)22-18(19)12-14;1-2-3-4-5-7-6/h8-12,21H,5-7H2,1-4H3;1H,5H2. The fourth-order valence-corrected chi connectivity index (χ4v) is 3.39. The Labute approximate surface area is 175 Å². The Kier molecular flexibility index (Phi) is 7.69. The summed E-state index contributed by atoms with van der Waals surface area (Å²) in [6, 6.07) is 10.3. The van der Waals surface area contributed by atoms with Crippen molar-refractivity contribution in [2.24, 2.45) is 4.90 Å². The summed E-state index contributed by atoms with van der Waals surface area (Å²) in [6.07, 6.45) is 8.00. The van der Waals surface area contributed by atoms with Crippen molar-refractivity contribution in [3.05, 3.63) is 47.0 Å². The van der Waals surface area contributed by atoms with Gasteiger partial charge in [-0.1, -0.05) is 37.1 Å². The Hall–Kier alpha value is -2.98. The van der Waals surface area contributed by atoms with Gasteiger partial charge in [0.2, 0.25) is 0 Å². The summed E-state index contributed by atoms with van der Waals surface area (Å²) in [6.45, 7) is 8.75. The molecule has 1 radical (unpaired) electrons. The van der Waals surface area contributed by atoms with Gasteiger partial charge in [0, 0.05) is 5.56 Å². The molecule has 0 amide bonds. The fraction of sp³-hybridized carbons (Fsp3) is 0.360. The molecule has 3 rings (SSSR count). The van der Waals surface area contributed by atoms with Crippen molar-refractivity contribution in [3.8, 4) is 46.8 Å². The number of terminal acetylenes is 1. The number of benzene rings is 2. The quantitative estimate of drug-likeness (QED) is 0.573. The van der Waals surface area contributed by atoms with E-state index in [9.17, 15) is 5.11 Å². The van der Waals surface area contributed by atoms with Crippen LogP contribution in [0.15, 0.2) is 35.2 Å². The number of aryl methyl sites for hydroxylation is 2. The molecule has 2 aromatic carbocycles. The van der Waals surface area contributed by atoms with Crippen LogP contribution in [0.5, 0.6) is 11.5 Å². The maximum atomic E-state index is 10.6. The number of rotatable bonds is 4. The molecule has 147 valence electrons. The molecular formula is C25H27BNO2. The third-order valence-electron chi connectivity index (χ3n) is 4.75. The number of phenolic OH excluding ortho intramolecular Hbond substituents is 1. The number of ether oxygens (including phenoxy) is 1. The van der Waals surface area contributed by atoms with E-state index in [1.807, 2.05) is 6.07 Å². The van der Waals surface area contributed by atoms with Crippen molar-refractivity contribution >= 4 is 7.64 Å². The van der Waals surface area contributed by atoms with Crippen LogP contribution in [-0.4, -0.2) is 19.3 Å². The summed E-state index contributed by atoms with van der Waals surface area (Å²) >= 11 is 0. The number of unbranched alkanes of at least 4 members (excludes halogenated alkanes) is 1. The third-order valence-corrected chi connectivity index (χ3v) is 4.75.